The third-order valence-corrected chi connectivity index (χ3v) is 9.38. The van der Waals surface area contributed by atoms with Gasteiger partial charge in [-0.15, -0.1) is 0 Å². The van der Waals surface area contributed by atoms with Crippen molar-refractivity contribution in [1.29, 1.82) is 0 Å². The maximum atomic E-state index is 2.70. The van der Waals surface area contributed by atoms with Crippen LogP contribution < -0.4 is 0 Å². The molecule has 124 valence electrons. The van der Waals surface area contributed by atoms with Crippen molar-refractivity contribution in [3.05, 3.63) is 10.2 Å². The summed E-state index contributed by atoms with van der Waals surface area (Å²) in [6.07, 6.45) is 17.8. The summed E-state index contributed by atoms with van der Waals surface area (Å²) >= 11 is 2.43. The fraction of sp³-hybridized carbons (Fsp3) is 0.905. The van der Waals surface area contributed by atoms with Crippen molar-refractivity contribution in [1.82, 2.24) is 0 Å². The van der Waals surface area contributed by atoms with Crippen molar-refractivity contribution in [3.8, 4) is 0 Å². The zero-order valence-electron chi connectivity index (χ0n) is 14.5. The van der Waals surface area contributed by atoms with Crippen molar-refractivity contribution < 1.29 is 0 Å². The highest BCUT2D eigenvalue weighted by atomic mass is 127. The number of hydrogen-bond donors (Lipinski definition) is 0. The van der Waals surface area contributed by atoms with Crippen LogP contribution >= 0.6 is 22.6 Å². The van der Waals surface area contributed by atoms with Gasteiger partial charge in [0.25, 0.3) is 0 Å². The summed E-state index contributed by atoms with van der Waals surface area (Å²) in [7, 11) is 0. The number of allylic oxidation sites excluding steroid dienone is 1. The Morgan fingerprint density at radius 2 is 1.64 bits per heavy atom. The molecule has 0 spiro atoms. The molecule has 1 unspecified atom stereocenters. The van der Waals surface area contributed by atoms with Crippen LogP contribution in [-0.4, -0.2) is 0 Å². The van der Waals surface area contributed by atoms with Crippen molar-refractivity contribution in [2.45, 2.75) is 78.1 Å². The van der Waals surface area contributed by atoms with E-state index in [1.807, 2.05) is 0 Å². The Hall–Kier alpha value is 0.470. The summed E-state index contributed by atoms with van der Waals surface area (Å²) in [4.78, 5) is 0. The lowest BCUT2D eigenvalue weighted by atomic mass is 9.45. The Morgan fingerprint density at radius 1 is 0.818 bits per heavy atom. The molecule has 0 aromatic rings. The second kappa shape index (κ2) is 5.77. The summed E-state index contributed by atoms with van der Waals surface area (Å²) < 4.78 is 2.29. The smallest absolute Gasteiger partial charge is 0.0169 e. The van der Waals surface area contributed by atoms with Gasteiger partial charge in [0.1, 0.15) is 0 Å². The first-order valence-electron chi connectivity index (χ1n) is 9.86. The highest BCUT2D eigenvalue weighted by Crippen LogP contribution is 2.67. The van der Waals surface area contributed by atoms with Gasteiger partial charge in [0, 0.05) is 0 Å². The van der Waals surface area contributed by atoms with Crippen LogP contribution in [0.2, 0.25) is 0 Å². The third kappa shape index (κ3) is 2.19. The van der Waals surface area contributed by atoms with E-state index < -0.39 is 0 Å². The van der Waals surface area contributed by atoms with E-state index in [1.165, 1.54) is 38.5 Å². The van der Waals surface area contributed by atoms with Crippen LogP contribution in [0.4, 0.5) is 0 Å². The first kappa shape index (κ1) is 16.0. The minimum Gasteiger partial charge on any atom is -0.0748 e. The van der Waals surface area contributed by atoms with E-state index in [-0.39, 0.29) is 0 Å². The molecule has 4 fully saturated rings. The predicted molar refractivity (Wildman–Crippen MR) is 103 cm³/mol. The molecule has 0 heterocycles. The lowest BCUT2D eigenvalue weighted by Crippen LogP contribution is -2.52. The maximum Gasteiger partial charge on any atom is -0.0169 e. The Balaban J connectivity index is 1.62. The van der Waals surface area contributed by atoms with Crippen LogP contribution in [0.25, 0.3) is 0 Å². The lowest BCUT2D eigenvalue weighted by Gasteiger charge is -2.60. The quantitative estimate of drug-likeness (QED) is 0.408. The molecule has 7 atom stereocenters. The molecule has 22 heavy (non-hydrogen) atoms. The normalized spacial score (nSPS) is 54.8. The van der Waals surface area contributed by atoms with Crippen LogP contribution in [0.3, 0.4) is 0 Å². The van der Waals surface area contributed by atoms with E-state index in [0.717, 1.165) is 29.6 Å². The van der Waals surface area contributed by atoms with Crippen LogP contribution in [-0.2, 0) is 0 Å². The summed E-state index contributed by atoms with van der Waals surface area (Å²) in [5.74, 6) is 5.09. The fourth-order valence-electron chi connectivity index (χ4n) is 7.74. The van der Waals surface area contributed by atoms with Gasteiger partial charge in [0.05, 0.1) is 0 Å². The second-order valence-corrected chi connectivity index (χ2v) is 10.2. The van der Waals surface area contributed by atoms with Gasteiger partial charge in [-0.3, -0.25) is 0 Å². The molecule has 0 amide bonds. The molecule has 4 rings (SSSR count). The van der Waals surface area contributed by atoms with E-state index in [1.54, 1.807) is 25.7 Å². The average Bonchev–Trinajstić information content (AvgIpc) is 2.84. The molecule has 0 bridgehead atoms. The first-order valence-corrected chi connectivity index (χ1v) is 11.1. The average molecular weight is 412 g/mol. The highest BCUT2D eigenvalue weighted by Gasteiger charge is 2.59. The zero-order valence-corrected chi connectivity index (χ0v) is 16.6. The third-order valence-electron chi connectivity index (χ3n) is 8.96. The molecule has 0 aromatic carbocycles. The van der Waals surface area contributed by atoms with Gasteiger partial charge in [-0.2, -0.15) is 0 Å². The second-order valence-electron chi connectivity index (χ2n) is 9.45. The Labute approximate surface area is 151 Å². The molecule has 0 saturated heterocycles. The molecule has 0 nitrogen and oxygen atoms in total. The lowest BCUT2D eigenvalue weighted by molar-refractivity contribution is -0.107. The van der Waals surface area contributed by atoms with Crippen LogP contribution in [0.1, 0.15) is 78.1 Å². The van der Waals surface area contributed by atoms with Gasteiger partial charge in [-0.1, -0.05) is 55.4 Å². The minimum absolute atomic E-state index is 0.626. The molecule has 0 aliphatic heterocycles. The minimum atomic E-state index is 0.626. The van der Waals surface area contributed by atoms with Gasteiger partial charge in [-0.05, 0) is 95.9 Å². The van der Waals surface area contributed by atoms with Gasteiger partial charge < -0.3 is 0 Å². The molecular weight excluding hydrogens is 379 g/mol. The van der Waals surface area contributed by atoms with E-state index in [0.29, 0.717) is 10.8 Å². The SMILES string of the molecule is C[C@]12CCCC[C@@H]1CC[C@@H]1[C@@H]2CC[C@]2(C)C(/C=C/I)CC[C@@H]12. The van der Waals surface area contributed by atoms with Crippen molar-refractivity contribution >= 4 is 22.6 Å². The summed E-state index contributed by atoms with van der Waals surface area (Å²) in [5, 5.41) is 0. The Morgan fingerprint density at radius 3 is 2.45 bits per heavy atom. The van der Waals surface area contributed by atoms with E-state index >= 15 is 0 Å². The van der Waals surface area contributed by atoms with Crippen molar-refractivity contribution in [2.24, 2.45) is 40.4 Å². The topological polar surface area (TPSA) is 0 Å². The maximum absolute atomic E-state index is 2.70. The predicted octanol–water partition coefficient (Wildman–Crippen LogP) is 6.98. The van der Waals surface area contributed by atoms with Crippen LogP contribution in [0, 0.1) is 40.4 Å². The largest absolute Gasteiger partial charge is 0.0748 e. The van der Waals surface area contributed by atoms with Gasteiger partial charge in [0.15, 0.2) is 0 Å². The Kier molecular flexibility index (Phi) is 4.19. The first-order chi connectivity index (χ1) is 10.6. The molecular formula is C21H33I. The summed E-state index contributed by atoms with van der Waals surface area (Å²) in [6.45, 7) is 5.35. The fourth-order valence-corrected chi connectivity index (χ4v) is 8.24. The van der Waals surface area contributed by atoms with Crippen LogP contribution in [0.5, 0.6) is 0 Å². The van der Waals surface area contributed by atoms with E-state index in [9.17, 15) is 0 Å². The molecule has 0 N–H and O–H groups in total. The molecule has 4 aliphatic rings. The highest BCUT2D eigenvalue weighted by molar-refractivity contribution is 14.1. The standard InChI is InChI=1S/C21H33I/c1-20-12-4-3-5-15(20)6-8-17-18-9-7-16(11-14-22)21(18,2)13-10-19(17)20/h11,14-19H,3-10,12-13H2,1-2H3/b14-11+/t15-,16?,17+,18+,19+,20+,21-/m1/s1. The molecule has 0 aromatic heterocycles. The summed E-state index contributed by atoms with van der Waals surface area (Å²) in [6, 6.07) is 0. The number of hydrogen-bond acceptors (Lipinski definition) is 0. The monoisotopic (exact) mass is 412 g/mol. The Bertz CT molecular complexity index is 455. The number of halogens is 1. The number of rotatable bonds is 1. The van der Waals surface area contributed by atoms with Crippen LogP contribution in [0.15, 0.2) is 10.2 Å². The van der Waals surface area contributed by atoms with Gasteiger partial charge in [0.2, 0.25) is 0 Å². The molecule has 4 aliphatic carbocycles. The summed E-state index contributed by atoms with van der Waals surface area (Å²) in [5.41, 5.74) is 1.33. The van der Waals surface area contributed by atoms with E-state index in [2.05, 4.69) is 46.6 Å². The van der Waals surface area contributed by atoms with Crippen molar-refractivity contribution in [2.75, 3.05) is 0 Å². The number of fused-ring (bicyclic) bond motifs is 5. The zero-order chi connectivity index (χ0) is 15.4. The molecule has 4 saturated carbocycles. The van der Waals surface area contributed by atoms with Gasteiger partial charge >= 0.3 is 0 Å². The van der Waals surface area contributed by atoms with E-state index in [4.69, 9.17) is 0 Å². The molecule has 1 heteroatoms. The molecule has 0 radical (unpaired) electrons. The van der Waals surface area contributed by atoms with Crippen molar-refractivity contribution in [3.63, 3.8) is 0 Å². The van der Waals surface area contributed by atoms with Gasteiger partial charge in [-0.25, -0.2) is 0 Å².